The molecule has 0 unspecified atom stereocenters. The van der Waals surface area contributed by atoms with Crippen LogP contribution >= 0.6 is 0 Å². The maximum absolute atomic E-state index is 12.5. The van der Waals surface area contributed by atoms with Gasteiger partial charge in [0.15, 0.2) is 6.79 Å². The van der Waals surface area contributed by atoms with Gasteiger partial charge in [0.25, 0.3) is 0 Å². The van der Waals surface area contributed by atoms with Crippen molar-refractivity contribution in [3.8, 4) is 22.6 Å². The van der Waals surface area contributed by atoms with Crippen LogP contribution in [0.1, 0.15) is 0 Å². The lowest BCUT2D eigenvalue weighted by molar-refractivity contribution is -0.274. The van der Waals surface area contributed by atoms with E-state index in [1.54, 1.807) is 6.07 Å². The average Bonchev–Trinajstić information content (AvgIpc) is 2.54. The van der Waals surface area contributed by atoms with Crippen LogP contribution in [0, 0.1) is 0 Å². The van der Waals surface area contributed by atoms with Gasteiger partial charge in [-0.3, -0.25) is 0 Å². The largest absolute Gasteiger partial charge is 0.573 e. The van der Waals surface area contributed by atoms with Crippen molar-refractivity contribution in [1.29, 1.82) is 0 Å². The molecule has 0 atom stereocenters. The lowest BCUT2D eigenvalue weighted by atomic mass is 10.0. The highest BCUT2D eigenvalue weighted by atomic mass is 19.4. The third-order valence-electron chi connectivity index (χ3n) is 3.34. The van der Waals surface area contributed by atoms with Crippen LogP contribution in [0.2, 0.25) is 0 Å². The van der Waals surface area contributed by atoms with Crippen LogP contribution in [0.5, 0.6) is 11.5 Å². The van der Waals surface area contributed by atoms with Gasteiger partial charge in [0.1, 0.15) is 17.1 Å². The summed E-state index contributed by atoms with van der Waals surface area (Å²) < 4.78 is 51.7. The summed E-state index contributed by atoms with van der Waals surface area (Å²) in [6.45, 7) is -0.546. The Labute approximate surface area is 138 Å². The monoisotopic (exact) mass is 352 g/mol. The van der Waals surface area contributed by atoms with E-state index in [0.717, 1.165) is 6.07 Å². The van der Waals surface area contributed by atoms with E-state index in [0.29, 0.717) is 5.39 Å². The fraction of sp³-hybridized carbons (Fsp3) is 0.118. The maximum atomic E-state index is 12.5. The van der Waals surface area contributed by atoms with E-state index in [1.807, 2.05) is 0 Å². The molecule has 0 bridgehead atoms. The Hall–Kier alpha value is -3.00. The molecule has 8 heteroatoms. The third kappa shape index (κ3) is 3.74. The predicted octanol–water partition coefficient (Wildman–Crippen LogP) is 3.69. The van der Waals surface area contributed by atoms with Gasteiger partial charge in [-0.15, -0.1) is 13.2 Å². The van der Waals surface area contributed by atoms with E-state index in [9.17, 15) is 18.0 Å². The molecule has 5 nitrogen and oxygen atoms in total. The summed E-state index contributed by atoms with van der Waals surface area (Å²) >= 11 is 0. The van der Waals surface area contributed by atoms with Gasteiger partial charge in [-0.1, -0.05) is 18.2 Å². The number of hydrogen-bond acceptors (Lipinski definition) is 5. The first-order valence-corrected chi connectivity index (χ1v) is 7.04. The second-order valence-corrected chi connectivity index (χ2v) is 4.96. The second-order valence-electron chi connectivity index (χ2n) is 4.96. The Balaban J connectivity index is 2.12. The average molecular weight is 352 g/mol. The standard InChI is InChI=1S/C17H11F3O5/c18-17(19,20)25-14-4-2-1-3-12(14)13-7-10-5-6-11(23-9-21)8-15(10)24-16(13)22/h1-8,21H,9H2. The number of fused-ring (bicyclic) bond motifs is 1. The second kappa shape index (κ2) is 6.48. The first-order valence-electron chi connectivity index (χ1n) is 7.04. The van der Waals surface area contributed by atoms with Crippen molar-refractivity contribution >= 4 is 11.0 Å². The van der Waals surface area contributed by atoms with Crippen LogP contribution < -0.4 is 15.1 Å². The molecular weight excluding hydrogens is 341 g/mol. The zero-order valence-electron chi connectivity index (χ0n) is 12.5. The maximum Gasteiger partial charge on any atom is 0.573 e. The van der Waals surface area contributed by atoms with Gasteiger partial charge in [0.05, 0.1) is 5.56 Å². The first kappa shape index (κ1) is 16.8. The van der Waals surface area contributed by atoms with Gasteiger partial charge in [-0.05, 0) is 24.3 Å². The number of para-hydroxylation sites is 1. The van der Waals surface area contributed by atoms with Crippen LogP contribution in [0.15, 0.2) is 57.7 Å². The van der Waals surface area contributed by atoms with Crippen molar-refractivity contribution in [2.45, 2.75) is 6.36 Å². The summed E-state index contributed by atoms with van der Waals surface area (Å²) in [5, 5.41) is 9.22. The van der Waals surface area contributed by atoms with Crippen LogP contribution in [0.25, 0.3) is 22.1 Å². The highest BCUT2D eigenvalue weighted by molar-refractivity contribution is 5.84. The molecule has 0 radical (unpaired) electrons. The molecule has 0 amide bonds. The van der Waals surface area contributed by atoms with E-state index in [1.165, 1.54) is 36.4 Å². The van der Waals surface area contributed by atoms with E-state index in [-0.39, 0.29) is 22.5 Å². The molecule has 3 aromatic rings. The van der Waals surface area contributed by atoms with Crippen molar-refractivity contribution in [2.24, 2.45) is 0 Å². The quantitative estimate of drug-likeness (QED) is 0.573. The fourth-order valence-electron chi connectivity index (χ4n) is 2.35. The number of benzene rings is 2. The molecule has 0 fully saturated rings. The van der Waals surface area contributed by atoms with Gasteiger partial charge in [-0.25, -0.2) is 4.79 Å². The molecule has 130 valence electrons. The Bertz CT molecular complexity index is 962. The number of rotatable bonds is 4. The molecule has 0 aliphatic carbocycles. The highest BCUT2D eigenvalue weighted by Crippen LogP contribution is 2.33. The first-order chi connectivity index (χ1) is 11.9. The summed E-state index contributed by atoms with van der Waals surface area (Å²) in [4.78, 5) is 12.2. The van der Waals surface area contributed by atoms with Gasteiger partial charge in [0, 0.05) is 17.0 Å². The molecule has 0 saturated carbocycles. The molecule has 0 aliphatic rings. The van der Waals surface area contributed by atoms with Crippen molar-refractivity contribution in [2.75, 3.05) is 6.79 Å². The summed E-state index contributed by atoms with van der Waals surface area (Å²) in [6.07, 6.45) is -4.89. The van der Waals surface area contributed by atoms with Gasteiger partial charge < -0.3 is 19.0 Å². The van der Waals surface area contributed by atoms with Gasteiger partial charge in [-0.2, -0.15) is 0 Å². The van der Waals surface area contributed by atoms with Crippen molar-refractivity contribution < 1.29 is 32.2 Å². The Morgan fingerprint density at radius 3 is 2.52 bits per heavy atom. The van der Waals surface area contributed by atoms with Crippen LogP contribution in [-0.2, 0) is 0 Å². The Morgan fingerprint density at radius 1 is 1.04 bits per heavy atom. The number of alkyl halides is 3. The molecule has 3 rings (SSSR count). The zero-order valence-corrected chi connectivity index (χ0v) is 12.5. The molecule has 1 N–H and O–H groups in total. The lowest BCUT2D eigenvalue weighted by Gasteiger charge is -2.13. The van der Waals surface area contributed by atoms with E-state index in [4.69, 9.17) is 14.3 Å². The van der Waals surface area contributed by atoms with Gasteiger partial charge in [0.2, 0.25) is 0 Å². The summed E-state index contributed by atoms with van der Waals surface area (Å²) in [5.74, 6) is -0.214. The topological polar surface area (TPSA) is 68.9 Å². The van der Waals surface area contributed by atoms with E-state index < -0.39 is 24.5 Å². The minimum atomic E-state index is -4.89. The minimum absolute atomic E-state index is 0.0360. The molecule has 2 aromatic carbocycles. The molecule has 0 saturated heterocycles. The molecular formula is C17H11F3O5. The number of aliphatic hydroxyl groups excluding tert-OH is 1. The number of halogens is 3. The summed E-state index contributed by atoms with van der Waals surface area (Å²) in [7, 11) is 0. The molecule has 0 spiro atoms. The minimum Gasteiger partial charge on any atom is -0.468 e. The van der Waals surface area contributed by atoms with Crippen molar-refractivity contribution in [3.63, 3.8) is 0 Å². The Morgan fingerprint density at radius 2 is 1.80 bits per heavy atom. The molecule has 0 aliphatic heterocycles. The van der Waals surface area contributed by atoms with Crippen LogP contribution in [0.3, 0.4) is 0 Å². The molecule has 25 heavy (non-hydrogen) atoms. The van der Waals surface area contributed by atoms with Crippen molar-refractivity contribution in [1.82, 2.24) is 0 Å². The van der Waals surface area contributed by atoms with E-state index in [2.05, 4.69) is 4.74 Å². The number of aliphatic hydroxyl groups is 1. The number of ether oxygens (including phenoxy) is 2. The highest BCUT2D eigenvalue weighted by Gasteiger charge is 2.32. The summed E-state index contributed by atoms with van der Waals surface area (Å²) in [5.41, 5.74) is -0.755. The Kier molecular flexibility index (Phi) is 4.37. The molecule has 1 aromatic heterocycles. The summed E-state index contributed by atoms with van der Waals surface area (Å²) in [6, 6.07) is 11.2. The zero-order chi connectivity index (χ0) is 18.0. The molecule has 1 heterocycles. The van der Waals surface area contributed by atoms with Crippen LogP contribution in [0.4, 0.5) is 13.2 Å². The normalized spacial score (nSPS) is 11.5. The number of hydrogen-bond donors (Lipinski definition) is 1. The third-order valence-corrected chi connectivity index (χ3v) is 3.34. The fourth-order valence-corrected chi connectivity index (χ4v) is 2.35. The van der Waals surface area contributed by atoms with E-state index >= 15 is 0 Å². The van der Waals surface area contributed by atoms with Gasteiger partial charge >= 0.3 is 12.0 Å². The lowest BCUT2D eigenvalue weighted by Crippen LogP contribution is -2.18. The predicted molar refractivity (Wildman–Crippen MR) is 82.3 cm³/mol. The van der Waals surface area contributed by atoms with Crippen LogP contribution in [-0.4, -0.2) is 18.3 Å². The van der Waals surface area contributed by atoms with Crippen molar-refractivity contribution in [3.05, 3.63) is 59.0 Å². The SMILES string of the molecule is O=c1oc2cc(OCO)ccc2cc1-c1ccccc1OC(F)(F)F. The smallest absolute Gasteiger partial charge is 0.468 e.